The topological polar surface area (TPSA) is 33.5 Å². The minimum atomic E-state index is -0.284. The van der Waals surface area contributed by atoms with Crippen LogP contribution in [0.25, 0.3) is 0 Å². The Balaban J connectivity index is 1.86. The summed E-state index contributed by atoms with van der Waals surface area (Å²) in [5, 5.41) is -0.131. The normalized spacial score (nSPS) is 18.5. The van der Waals surface area contributed by atoms with Gasteiger partial charge in [-0.3, -0.25) is 4.79 Å². The van der Waals surface area contributed by atoms with Gasteiger partial charge in [0.05, 0.1) is 5.75 Å². The summed E-state index contributed by atoms with van der Waals surface area (Å²) in [6.07, 6.45) is 0. The second-order valence-corrected chi connectivity index (χ2v) is 6.27. The third-order valence-corrected chi connectivity index (χ3v) is 4.85. The number of carbonyl (C=O) groups excluding carboxylic acids is 1. The molecule has 1 saturated heterocycles. The largest absolute Gasteiger partial charge is 0.463 e. The fourth-order valence-electron chi connectivity index (χ4n) is 2.42. The molecular formula is C16H16FNO2S. The zero-order valence-corrected chi connectivity index (χ0v) is 12.7. The Hall–Kier alpha value is -1.75. The van der Waals surface area contributed by atoms with Gasteiger partial charge in [-0.1, -0.05) is 12.1 Å². The van der Waals surface area contributed by atoms with Crippen LogP contribution in [0.4, 0.5) is 4.39 Å². The fourth-order valence-corrected chi connectivity index (χ4v) is 3.53. The van der Waals surface area contributed by atoms with Gasteiger partial charge >= 0.3 is 0 Å². The molecule has 0 aliphatic carbocycles. The SMILES string of the molecule is Cc1cc(C2SCC(=O)N2Cc2cccc(F)c2)oc1C. The summed E-state index contributed by atoms with van der Waals surface area (Å²) >= 11 is 1.55. The Morgan fingerprint density at radius 3 is 2.86 bits per heavy atom. The van der Waals surface area contributed by atoms with Crippen molar-refractivity contribution in [3.8, 4) is 0 Å². The van der Waals surface area contributed by atoms with Gasteiger partial charge in [-0.15, -0.1) is 11.8 Å². The number of hydrogen-bond donors (Lipinski definition) is 0. The van der Waals surface area contributed by atoms with Crippen molar-refractivity contribution >= 4 is 17.7 Å². The van der Waals surface area contributed by atoms with Crippen LogP contribution >= 0.6 is 11.8 Å². The minimum Gasteiger partial charge on any atom is -0.463 e. The van der Waals surface area contributed by atoms with Gasteiger partial charge in [0.25, 0.3) is 0 Å². The van der Waals surface area contributed by atoms with Crippen LogP contribution in [0.3, 0.4) is 0 Å². The van der Waals surface area contributed by atoms with E-state index in [0.717, 1.165) is 22.6 Å². The molecule has 0 spiro atoms. The summed E-state index contributed by atoms with van der Waals surface area (Å²) in [6, 6.07) is 8.33. The number of hydrogen-bond acceptors (Lipinski definition) is 3. The third kappa shape index (κ3) is 2.83. The second kappa shape index (κ2) is 5.56. The average Bonchev–Trinajstić information content (AvgIpc) is 2.95. The summed E-state index contributed by atoms with van der Waals surface area (Å²) in [7, 11) is 0. The molecule has 1 unspecified atom stereocenters. The Bertz CT molecular complexity index is 663. The third-order valence-electron chi connectivity index (χ3n) is 3.64. The molecule has 1 fully saturated rings. The lowest BCUT2D eigenvalue weighted by Crippen LogP contribution is -2.27. The first-order chi connectivity index (χ1) is 10.0. The van der Waals surface area contributed by atoms with E-state index in [1.54, 1.807) is 22.7 Å². The van der Waals surface area contributed by atoms with Crippen LogP contribution in [0.2, 0.25) is 0 Å². The standard InChI is InChI=1S/C16H16FNO2S/c1-10-6-14(20-11(10)2)16-18(15(19)9-21-16)8-12-4-3-5-13(17)7-12/h3-7,16H,8-9H2,1-2H3. The van der Waals surface area contributed by atoms with Crippen molar-refractivity contribution in [2.45, 2.75) is 25.8 Å². The van der Waals surface area contributed by atoms with Crippen LogP contribution < -0.4 is 0 Å². The summed E-state index contributed by atoms with van der Waals surface area (Å²) in [5.41, 5.74) is 1.87. The van der Waals surface area contributed by atoms with Crippen LogP contribution in [0, 0.1) is 19.7 Å². The van der Waals surface area contributed by atoms with Gasteiger partial charge in [0.2, 0.25) is 5.91 Å². The van der Waals surface area contributed by atoms with Crippen LogP contribution in [-0.2, 0) is 11.3 Å². The molecule has 0 saturated carbocycles. The van der Waals surface area contributed by atoms with Crippen molar-refractivity contribution in [1.29, 1.82) is 0 Å². The highest BCUT2D eigenvalue weighted by atomic mass is 32.2. The second-order valence-electron chi connectivity index (χ2n) is 5.20. The summed E-state index contributed by atoms with van der Waals surface area (Å²) in [5.74, 6) is 1.86. The van der Waals surface area contributed by atoms with Crippen LogP contribution in [0.1, 0.15) is 28.0 Å². The smallest absolute Gasteiger partial charge is 0.234 e. The number of furan rings is 1. The molecule has 3 rings (SSSR count). The molecule has 21 heavy (non-hydrogen) atoms. The van der Waals surface area contributed by atoms with E-state index >= 15 is 0 Å². The van der Waals surface area contributed by atoms with Crippen LogP contribution in [0.15, 0.2) is 34.7 Å². The molecule has 0 N–H and O–H groups in total. The van der Waals surface area contributed by atoms with Gasteiger partial charge in [0.15, 0.2) is 0 Å². The first-order valence-corrected chi connectivity index (χ1v) is 7.82. The quantitative estimate of drug-likeness (QED) is 0.864. The lowest BCUT2D eigenvalue weighted by molar-refractivity contribution is -0.128. The number of aryl methyl sites for hydroxylation is 2. The van der Waals surface area contributed by atoms with Gasteiger partial charge in [0.1, 0.15) is 22.7 Å². The molecule has 1 aromatic heterocycles. The van der Waals surface area contributed by atoms with Crippen molar-refractivity contribution in [3.05, 3.63) is 58.8 Å². The first-order valence-electron chi connectivity index (χ1n) is 6.77. The predicted molar refractivity (Wildman–Crippen MR) is 80.3 cm³/mol. The van der Waals surface area contributed by atoms with Gasteiger partial charge in [-0.25, -0.2) is 4.39 Å². The molecule has 5 heteroatoms. The van der Waals surface area contributed by atoms with Gasteiger partial charge < -0.3 is 9.32 Å². The van der Waals surface area contributed by atoms with E-state index in [4.69, 9.17) is 4.42 Å². The van der Waals surface area contributed by atoms with E-state index in [2.05, 4.69) is 0 Å². The number of thioether (sulfide) groups is 1. The minimum absolute atomic E-state index is 0.0565. The van der Waals surface area contributed by atoms with Crippen molar-refractivity contribution < 1.29 is 13.6 Å². The van der Waals surface area contributed by atoms with Gasteiger partial charge in [-0.2, -0.15) is 0 Å². The molecule has 0 radical (unpaired) electrons. The predicted octanol–water partition coefficient (Wildman–Crippen LogP) is 3.81. The van der Waals surface area contributed by atoms with E-state index in [9.17, 15) is 9.18 Å². The Kier molecular flexibility index (Phi) is 3.76. The van der Waals surface area contributed by atoms with Gasteiger partial charge in [-0.05, 0) is 43.2 Å². The van der Waals surface area contributed by atoms with E-state index in [0.29, 0.717) is 12.3 Å². The molecular weight excluding hydrogens is 289 g/mol. The molecule has 0 bridgehead atoms. The van der Waals surface area contributed by atoms with Crippen molar-refractivity contribution in [2.24, 2.45) is 0 Å². The summed E-state index contributed by atoms with van der Waals surface area (Å²) < 4.78 is 19.0. The average molecular weight is 305 g/mol. The molecule has 1 aliphatic rings. The number of nitrogens with zero attached hydrogens (tertiary/aromatic N) is 1. The number of amides is 1. The van der Waals surface area contributed by atoms with E-state index < -0.39 is 0 Å². The van der Waals surface area contributed by atoms with Gasteiger partial charge in [0, 0.05) is 6.54 Å². The highest BCUT2D eigenvalue weighted by Crippen LogP contribution is 2.40. The number of benzene rings is 1. The molecule has 1 atom stereocenters. The molecule has 3 nitrogen and oxygen atoms in total. The Labute approximate surface area is 127 Å². The highest BCUT2D eigenvalue weighted by molar-refractivity contribution is 8.00. The molecule has 1 aliphatic heterocycles. The lowest BCUT2D eigenvalue weighted by Gasteiger charge is -2.22. The van der Waals surface area contributed by atoms with Crippen LogP contribution in [-0.4, -0.2) is 16.6 Å². The lowest BCUT2D eigenvalue weighted by atomic mass is 10.2. The fraction of sp³-hybridized carbons (Fsp3) is 0.312. The molecule has 1 amide bonds. The monoisotopic (exact) mass is 305 g/mol. The first kappa shape index (κ1) is 14.2. The Morgan fingerprint density at radius 1 is 1.38 bits per heavy atom. The van der Waals surface area contributed by atoms with Crippen molar-refractivity contribution in [1.82, 2.24) is 4.90 Å². The maximum Gasteiger partial charge on any atom is 0.234 e. The molecule has 1 aromatic carbocycles. The Morgan fingerprint density at radius 2 is 2.19 bits per heavy atom. The number of carbonyl (C=O) groups is 1. The molecule has 2 aromatic rings. The maximum absolute atomic E-state index is 13.3. The molecule has 2 heterocycles. The highest BCUT2D eigenvalue weighted by Gasteiger charge is 2.35. The van der Waals surface area contributed by atoms with Crippen LogP contribution in [0.5, 0.6) is 0 Å². The zero-order chi connectivity index (χ0) is 15.0. The molecule has 110 valence electrons. The maximum atomic E-state index is 13.3. The number of halogens is 1. The van der Waals surface area contributed by atoms with E-state index in [1.807, 2.05) is 26.0 Å². The van der Waals surface area contributed by atoms with E-state index in [1.165, 1.54) is 12.1 Å². The van der Waals surface area contributed by atoms with E-state index in [-0.39, 0.29) is 17.1 Å². The van der Waals surface area contributed by atoms with Crippen molar-refractivity contribution in [2.75, 3.05) is 5.75 Å². The zero-order valence-electron chi connectivity index (χ0n) is 11.9. The summed E-state index contributed by atoms with van der Waals surface area (Å²) in [6.45, 7) is 4.30. The number of rotatable bonds is 3. The van der Waals surface area contributed by atoms with Crippen molar-refractivity contribution in [3.63, 3.8) is 0 Å². The summed E-state index contributed by atoms with van der Waals surface area (Å²) in [4.78, 5) is 13.9.